The van der Waals surface area contributed by atoms with Crippen LogP contribution in [0.15, 0.2) is 29.3 Å². The minimum Gasteiger partial charge on any atom is -0.357 e. The van der Waals surface area contributed by atoms with E-state index in [0.29, 0.717) is 0 Å². The van der Waals surface area contributed by atoms with Gasteiger partial charge in [0.25, 0.3) is 0 Å². The van der Waals surface area contributed by atoms with Crippen molar-refractivity contribution >= 4 is 35.8 Å². The highest BCUT2D eigenvalue weighted by molar-refractivity contribution is 14.0. The van der Waals surface area contributed by atoms with Gasteiger partial charge in [0, 0.05) is 45.1 Å². The molecule has 0 bridgehead atoms. The average Bonchev–Trinajstić information content (AvgIpc) is 3.15. The number of hydrogen-bond donors (Lipinski definition) is 1. The highest BCUT2D eigenvalue weighted by atomic mass is 127. The molecule has 3 rings (SSSR count). The SMILES string of the molecule is CCNC(=NCC1(c2cccc(C)c2)CCCC1)N1CCN(C(C)=O)CC1.I. The summed E-state index contributed by atoms with van der Waals surface area (Å²) in [4.78, 5) is 20.9. The molecule has 0 atom stereocenters. The molecule has 1 amide bonds. The second-order valence-corrected chi connectivity index (χ2v) is 8.02. The van der Waals surface area contributed by atoms with Crippen LogP contribution in [0, 0.1) is 6.92 Å². The summed E-state index contributed by atoms with van der Waals surface area (Å²) >= 11 is 0. The number of nitrogens with zero attached hydrogens (tertiary/aromatic N) is 3. The number of amides is 1. The van der Waals surface area contributed by atoms with E-state index in [4.69, 9.17) is 4.99 Å². The normalized spacial score (nSPS) is 19.3. The zero-order valence-electron chi connectivity index (χ0n) is 17.5. The number of aryl methyl sites for hydroxylation is 1. The average molecular weight is 498 g/mol. The topological polar surface area (TPSA) is 47.9 Å². The lowest BCUT2D eigenvalue weighted by Crippen LogP contribution is -2.53. The van der Waals surface area contributed by atoms with Crippen LogP contribution in [0.1, 0.15) is 50.7 Å². The van der Waals surface area contributed by atoms with Crippen LogP contribution in [0.2, 0.25) is 0 Å². The van der Waals surface area contributed by atoms with E-state index in [1.807, 2.05) is 4.90 Å². The maximum atomic E-state index is 11.6. The number of halogens is 1. The Bertz CT molecular complexity index is 677. The van der Waals surface area contributed by atoms with Crippen LogP contribution >= 0.6 is 24.0 Å². The first-order valence-electron chi connectivity index (χ1n) is 10.4. The molecule has 1 heterocycles. The lowest BCUT2D eigenvalue weighted by molar-refractivity contribution is -0.130. The van der Waals surface area contributed by atoms with Crippen LogP contribution in [0.5, 0.6) is 0 Å². The number of piperazine rings is 1. The van der Waals surface area contributed by atoms with Crippen molar-refractivity contribution in [2.75, 3.05) is 39.3 Å². The van der Waals surface area contributed by atoms with E-state index in [0.717, 1.165) is 45.2 Å². The van der Waals surface area contributed by atoms with Gasteiger partial charge in [0.1, 0.15) is 0 Å². The minimum atomic E-state index is 0. The number of carbonyl (C=O) groups is 1. The van der Waals surface area contributed by atoms with Crippen molar-refractivity contribution in [1.29, 1.82) is 0 Å². The van der Waals surface area contributed by atoms with Gasteiger partial charge in [-0.25, -0.2) is 0 Å². The fraction of sp³-hybridized carbons (Fsp3) is 0.636. The number of aliphatic imine (C=N–C) groups is 1. The minimum absolute atomic E-state index is 0. The van der Waals surface area contributed by atoms with Gasteiger partial charge < -0.3 is 15.1 Å². The molecule has 2 fully saturated rings. The molecule has 0 radical (unpaired) electrons. The van der Waals surface area contributed by atoms with Crippen molar-refractivity contribution in [3.8, 4) is 0 Å². The molecule has 1 aliphatic heterocycles. The molecule has 1 saturated heterocycles. The third-order valence-electron chi connectivity index (χ3n) is 6.08. The number of rotatable bonds is 4. The van der Waals surface area contributed by atoms with E-state index < -0.39 is 0 Å². The first kappa shape index (κ1) is 23.0. The summed E-state index contributed by atoms with van der Waals surface area (Å²) in [7, 11) is 0. The van der Waals surface area contributed by atoms with Crippen molar-refractivity contribution < 1.29 is 4.79 Å². The zero-order chi connectivity index (χ0) is 19.3. The second kappa shape index (κ2) is 10.5. The van der Waals surface area contributed by atoms with Crippen LogP contribution in [-0.4, -0.2) is 60.9 Å². The zero-order valence-corrected chi connectivity index (χ0v) is 19.9. The monoisotopic (exact) mass is 498 g/mol. The first-order chi connectivity index (χ1) is 13.0. The van der Waals surface area contributed by atoms with Gasteiger partial charge in [-0.05, 0) is 32.3 Å². The highest BCUT2D eigenvalue weighted by Crippen LogP contribution is 2.41. The van der Waals surface area contributed by atoms with E-state index in [-0.39, 0.29) is 35.3 Å². The first-order valence-corrected chi connectivity index (χ1v) is 10.4. The highest BCUT2D eigenvalue weighted by Gasteiger charge is 2.36. The molecule has 156 valence electrons. The van der Waals surface area contributed by atoms with E-state index in [9.17, 15) is 4.79 Å². The summed E-state index contributed by atoms with van der Waals surface area (Å²) in [6, 6.07) is 8.99. The lowest BCUT2D eigenvalue weighted by Gasteiger charge is -2.37. The summed E-state index contributed by atoms with van der Waals surface area (Å²) in [6.45, 7) is 10.9. The maximum Gasteiger partial charge on any atom is 0.219 e. The van der Waals surface area contributed by atoms with Crippen molar-refractivity contribution in [2.45, 2.75) is 51.9 Å². The molecular weight excluding hydrogens is 463 g/mol. The smallest absolute Gasteiger partial charge is 0.219 e. The van der Waals surface area contributed by atoms with Crippen molar-refractivity contribution in [3.63, 3.8) is 0 Å². The molecule has 0 unspecified atom stereocenters. The summed E-state index contributed by atoms with van der Waals surface area (Å²) in [5.74, 6) is 1.17. The number of carbonyl (C=O) groups excluding carboxylic acids is 1. The Morgan fingerprint density at radius 1 is 1.14 bits per heavy atom. The van der Waals surface area contributed by atoms with Gasteiger partial charge in [0.15, 0.2) is 5.96 Å². The Balaban J connectivity index is 0.00000280. The van der Waals surface area contributed by atoms with Gasteiger partial charge in [-0.1, -0.05) is 42.7 Å². The van der Waals surface area contributed by atoms with E-state index in [2.05, 4.69) is 48.3 Å². The summed E-state index contributed by atoms with van der Waals surface area (Å²) < 4.78 is 0. The molecule has 0 spiro atoms. The van der Waals surface area contributed by atoms with Gasteiger partial charge in [0.05, 0.1) is 6.54 Å². The molecule has 1 saturated carbocycles. The standard InChI is InChI=1S/C22H34N4O.HI/c1-4-23-21(26-14-12-25(13-15-26)19(3)27)24-17-22(10-5-6-11-22)20-9-7-8-18(2)16-20;/h7-9,16H,4-6,10-15,17H2,1-3H3,(H,23,24);1H. The molecule has 1 aliphatic carbocycles. The van der Waals surface area contributed by atoms with Crippen molar-refractivity contribution in [1.82, 2.24) is 15.1 Å². The van der Waals surface area contributed by atoms with Gasteiger partial charge in [-0.3, -0.25) is 9.79 Å². The summed E-state index contributed by atoms with van der Waals surface area (Å²) in [6.07, 6.45) is 5.02. The maximum absolute atomic E-state index is 11.6. The van der Waals surface area contributed by atoms with Crippen LogP contribution in [-0.2, 0) is 10.2 Å². The number of nitrogens with one attached hydrogen (secondary N) is 1. The Kier molecular flexibility index (Phi) is 8.58. The molecule has 1 aromatic rings. The molecule has 0 aromatic heterocycles. The van der Waals surface area contributed by atoms with Crippen LogP contribution < -0.4 is 5.32 Å². The predicted molar refractivity (Wildman–Crippen MR) is 127 cm³/mol. The molecule has 5 nitrogen and oxygen atoms in total. The van der Waals surface area contributed by atoms with Crippen LogP contribution in [0.3, 0.4) is 0 Å². The summed E-state index contributed by atoms with van der Waals surface area (Å²) in [5.41, 5.74) is 2.95. The quantitative estimate of drug-likeness (QED) is 0.393. The van der Waals surface area contributed by atoms with Crippen molar-refractivity contribution in [3.05, 3.63) is 35.4 Å². The van der Waals surface area contributed by atoms with Crippen LogP contribution in [0.25, 0.3) is 0 Å². The largest absolute Gasteiger partial charge is 0.357 e. The molecule has 1 N–H and O–H groups in total. The predicted octanol–water partition coefficient (Wildman–Crippen LogP) is 3.55. The number of benzene rings is 1. The van der Waals surface area contributed by atoms with E-state index in [1.54, 1.807) is 6.92 Å². The Morgan fingerprint density at radius 3 is 2.36 bits per heavy atom. The van der Waals surface area contributed by atoms with Gasteiger partial charge in [0.2, 0.25) is 5.91 Å². The van der Waals surface area contributed by atoms with Gasteiger partial charge in [-0.2, -0.15) is 0 Å². The molecular formula is C22H35IN4O. The Hall–Kier alpha value is -1.31. The fourth-order valence-electron chi connectivity index (χ4n) is 4.45. The van der Waals surface area contributed by atoms with E-state index in [1.165, 1.54) is 36.8 Å². The Morgan fingerprint density at radius 2 is 1.79 bits per heavy atom. The fourth-order valence-corrected chi connectivity index (χ4v) is 4.45. The summed E-state index contributed by atoms with van der Waals surface area (Å²) in [5, 5.41) is 3.47. The van der Waals surface area contributed by atoms with E-state index >= 15 is 0 Å². The molecule has 1 aromatic carbocycles. The second-order valence-electron chi connectivity index (χ2n) is 8.02. The van der Waals surface area contributed by atoms with Crippen LogP contribution in [0.4, 0.5) is 0 Å². The van der Waals surface area contributed by atoms with Gasteiger partial charge in [-0.15, -0.1) is 24.0 Å². The number of hydrogen-bond acceptors (Lipinski definition) is 2. The lowest BCUT2D eigenvalue weighted by atomic mass is 9.78. The molecule has 28 heavy (non-hydrogen) atoms. The van der Waals surface area contributed by atoms with Gasteiger partial charge >= 0.3 is 0 Å². The number of guanidine groups is 1. The Labute approximate surface area is 187 Å². The third-order valence-corrected chi connectivity index (χ3v) is 6.08. The van der Waals surface area contributed by atoms with Crippen molar-refractivity contribution in [2.24, 2.45) is 4.99 Å². The third kappa shape index (κ3) is 5.39. The molecule has 2 aliphatic rings. The molecule has 6 heteroatoms.